The van der Waals surface area contributed by atoms with Crippen LogP contribution in [0.3, 0.4) is 0 Å². The Kier molecular flexibility index (Phi) is 3.56. The molecule has 0 aliphatic heterocycles. The number of allylic oxidation sites excluding steroid dienone is 1. The van der Waals surface area contributed by atoms with E-state index in [1.54, 1.807) is 24.3 Å². The van der Waals surface area contributed by atoms with E-state index in [1.165, 1.54) is 0 Å². The maximum absolute atomic E-state index is 12.2. The number of carbonyl (C=O) groups is 2. The highest BCUT2D eigenvalue weighted by molar-refractivity contribution is 6.52. The van der Waals surface area contributed by atoms with E-state index < -0.39 is 11.6 Å². The Balaban J connectivity index is 2.60. The van der Waals surface area contributed by atoms with E-state index in [4.69, 9.17) is 0 Å². The van der Waals surface area contributed by atoms with E-state index in [2.05, 4.69) is 0 Å². The Labute approximate surface area is 113 Å². The fourth-order valence-corrected chi connectivity index (χ4v) is 2.45. The molecule has 2 rings (SSSR count). The summed E-state index contributed by atoms with van der Waals surface area (Å²) >= 11 is 0. The fraction of sp³-hybridized carbons (Fsp3) is 0.375. The second kappa shape index (κ2) is 5.00. The first kappa shape index (κ1) is 13.5. The van der Waals surface area contributed by atoms with Gasteiger partial charge in [-0.25, -0.2) is 0 Å². The zero-order chi connectivity index (χ0) is 14.2. The van der Waals surface area contributed by atoms with Crippen molar-refractivity contribution in [3.05, 3.63) is 41.0 Å². The Bertz CT molecular complexity index is 569. The minimum absolute atomic E-state index is 0.0343. The molecule has 0 amide bonds. The number of Topliss-reactive ketones (excluding diaryl/α,β-unsaturated/α-hetero) is 2. The van der Waals surface area contributed by atoms with Gasteiger partial charge in [0.1, 0.15) is 5.76 Å². The number of aliphatic hydroxyl groups excluding tert-OH is 1. The van der Waals surface area contributed by atoms with E-state index in [9.17, 15) is 14.7 Å². The smallest absolute Gasteiger partial charge is 0.234 e. The molecule has 0 radical (unpaired) electrons. The molecule has 1 aliphatic carbocycles. The number of carbonyl (C=O) groups excluding carboxylic acids is 2. The monoisotopic (exact) mass is 258 g/mol. The molecule has 1 N–H and O–H groups in total. The predicted octanol–water partition coefficient (Wildman–Crippen LogP) is 3.40. The van der Waals surface area contributed by atoms with Crippen molar-refractivity contribution in [3.8, 4) is 0 Å². The summed E-state index contributed by atoms with van der Waals surface area (Å²) in [7, 11) is 0. The summed E-state index contributed by atoms with van der Waals surface area (Å²) in [6, 6.07) is 6.71. The molecule has 1 aromatic carbocycles. The van der Waals surface area contributed by atoms with Crippen molar-refractivity contribution in [2.24, 2.45) is 11.8 Å². The van der Waals surface area contributed by atoms with Crippen molar-refractivity contribution in [2.45, 2.75) is 27.2 Å². The lowest BCUT2D eigenvalue weighted by Gasteiger charge is -2.25. The van der Waals surface area contributed by atoms with Gasteiger partial charge in [-0.3, -0.25) is 9.59 Å². The molecule has 0 bridgehead atoms. The number of aliphatic hydroxyl groups is 1. The molecule has 0 fully saturated rings. The van der Waals surface area contributed by atoms with Crippen molar-refractivity contribution in [3.63, 3.8) is 0 Å². The number of hydrogen-bond donors (Lipinski definition) is 1. The molecule has 0 saturated carbocycles. The molecule has 100 valence electrons. The first-order chi connectivity index (χ1) is 8.99. The molecule has 0 saturated heterocycles. The molecule has 1 aromatic rings. The van der Waals surface area contributed by atoms with Crippen LogP contribution in [0.25, 0.3) is 5.76 Å². The number of benzene rings is 1. The standard InChI is InChI=1S/C16H18O3/c1-4-9(2)10(3)13-14(17)11-7-5-6-8-12(11)15(18)16(13)19/h5-10,17H,4H2,1-3H3. The summed E-state index contributed by atoms with van der Waals surface area (Å²) in [6.07, 6.45) is 0.890. The van der Waals surface area contributed by atoms with E-state index in [0.717, 1.165) is 6.42 Å². The Morgan fingerprint density at radius 2 is 1.63 bits per heavy atom. The lowest BCUT2D eigenvalue weighted by atomic mass is 9.78. The molecule has 0 heterocycles. The van der Waals surface area contributed by atoms with Crippen LogP contribution >= 0.6 is 0 Å². The topological polar surface area (TPSA) is 54.4 Å². The van der Waals surface area contributed by atoms with Crippen LogP contribution in [0.4, 0.5) is 0 Å². The lowest BCUT2D eigenvalue weighted by Crippen LogP contribution is -2.29. The Hall–Kier alpha value is -1.90. The summed E-state index contributed by atoms with van der Waals surface area (Å²) in [5.74, 6) is -1.01. The van der Waals surface area contributed by atoms with Crippen molar-refractivity contribution in [2.75, 3.05) is 0 Å². The summed E-state index contributed by atoms with van der Waals surface area (Å²) in [6.45, 7) is 5.93. The van der Waals surface area contributed by atoms with Gasteiger partial charge >= 0.3 is 0 Å². The van der Waals surface area contributed by atoms with Gasteiger partial charge in [-0.15, -0.1) is 0 Å². The largest absolute Gasteiger partial charge is 0.507 e. The van der Waals surface area contributed by atoms with Crippen LogP contribution in [0, 0.1) is 11.8 Å². The molecule has 2 unspecified atom stereocenters. The quantitative estimate of drug-likeness (QED) is 0.845. The highest BCUT2D eigenvalue weighted by Gasteiger charge is 2.36. The second-order valence-electron chi connectivity index (χ2n) is 5.14. The molecule has 0 spiro atoms. The van der Waals surface area contributed by atoms with Crippen LogP contribution in [0.1, 0.15) is 43.1 Å². The normalized spacial score (nSPS) is 18.3. The third-order valence-electron chi connectivity index (χ3n) is 4.09. The van der Waals surface area contributed by atoms with E-state index >= 15 is 0 Å². The maximum atomic E-state index is 12.2. The zero-order valence-electron chi connectivity index (χ0n) is 11.4. The van der Waals surface area contributed by atoms with Crippen LogP contribution in [0.15, 0.2) is 29.8 Å². The highest BCUT2D eigenvalue weighted by Crippen LogP contribution is 2.34. The van der Waals surface area contributed by atoms with Gasteiger partial charge in [-0.2, -0.15) is 0 Å². The average Bonchev–Trinajstić information content (AvgIpc) is 2.44. The first-order valence-corrected chi connectivity index (χ1v) is 6.60. The molecular formula is C16H18O3. The van der Waals surface area contributed by atoms with Crippen LogP contribution in [0.5, 0.6) is 0 Å². The van der Waals surface area contributed by atoms with Crippen molar-refractivity contribution >= 4 is 17.3 Å². The first-order valence-electron chi connectivity index (χ1n) is 6.60. The van der Waals surface area contributed by atoms with Crippen LogP contribution in [0.2, 0.25) is 0 Å². The minimum Gasteiger partial charge on any atom is -0.507 e. The van der Waals surface area contributed by atoms with Gasteiger partial charge in [0.2, 0.25) is 11.6 Å². The van der Waals surface area contributed by atoms with Crippen LogP contribution in [-0.2, 0) is 4.79 Å². The Morgan fingerprint density at radius 1 is 1.05 bits per heavy atom. The molecule has 2 atom stereocenters. The molecule has 3 heteroatoms. The predicted molar refractivity (Wildman–Crippen MR) is 73.9 cm³/mol. The highest BCUT2D eigenvalue weighted by atomic mass is 16.3. The van der Waals surface area contributed by atoms with Gasteiger partial charge in [-0.05, 0) is 11.8 Å². The summed E-state index contributed by atoms with van der Waals surface area (Å²) in [5.41, 5.74) is 1.03. The second-order valence-corrected chi connectivity index (χ2v) is 5.14. The van der Waals surface area contributed by atoms with Gasteiger partial charge < -0.3 is 5.11 Å². The fourth-order valence-electron chi connectivity index (χ4n) is 2.45. The van der Waals surface area contributed by atoms with Crippen molar-refractivity contribution in [1.82, 2.24) is 0 Å². The number of fused-ring (bicyclic) bond motifs is 1. The molecule has 3 nitrogen and oxygen atoms in total. The number of rotatable bonds is 3. The van der Waals surface area contributed by atoms with Gasteiger partial charge in [-0.1, -0.05) is 51.5 Å². The number of hydrogen-bond acceptors (Lipinski definition) is 3. The Morgan fingerprint density at radius 3 is 2.21 bits per heavy atom. The zero-order valence-corrected chi connectivity index (χ0v) is 11.4. The third kappa shape index (κ3) is 2.09. The van der Waals surface area contributed by atoms with E-state index in [1.807, 2.05) is 20.8 Å². The van der Waals surface area contributed by atoms with Gasteiger partial charge in [0.15, 0.2) is 0 Å². The minimum atomic E-state index is -0.566. The van der Waals surface area contributed by atoms with Gasteiger partial charge in [0, 0.05) is 16.7 Å². The van der Waals surface area contributed by atoms with Crippen LogP contribution < -0.4 is 0 Å². The SMILES string of the molecule is CCC(C)C(C)C1=C(O)c2ccccc2C(=O)C1=O. The molecular weight excluding hydrogens is 240 g/mol. The maximum Gasteiger partial charge on any atom is 0.234 e. The van der Waals surface area contributed by atoms with E-state index in [0.29, 0.717) is 11.1 Å². The summed E-state index contributed by atoms with van der Waals surface area (Å²) in [5, 5.41) is 10.3. The lowest BCUT2D eigenvalue weighted by molar-refractivity contribution is -0.112. The van der Waals surface area contributed by atoms with Gasteiger partial charge in [0.05, 0.1) is 0 Å². The average molecular weight is 258 g/mol. The summed E-state index contributed by atoms with van der Waals surface area (Å²) < 4.78 is 0. The third-order valence-corrected chi connectivity index (χ3v) is 4.09. The van der Waals surface area contributed by atoms with Crippen molar-refractivity contribution in [1.29, 1.82) is 0 Å². The van der Waals surface area contributed by atoms with Gasteiger partial charge in [0.25, 0.3) is 0 Å². The number of ketones is 2. The molecule has 0 aromatic heterocycles. The summed E-state index contributed by atoms with van der Waals surface area (Å²) in [4.78, 5) is 24.3. The van der Waals surface area contributed by atoms with Crippen molar-refractivity contribution < 1.29 is 14.7 Å². The van der Waals surface area contributed by atoms with Crippen LogP contribution in [-0.4, -0.2) is 16.7 Å². The molecule has 19 heavy (non-hydrogen) atoms. The van der Waals surface area contributed by atoms with E-state index in [-0.39, 0.29) is 23.2 Å². The molecule has 1 aliphatic rings.